The van der Waals surface area contributed by atoms with Crippen molar-refractivity contribution in [1.29, 1.82) is 0 Å². The zero-order chi connectivity index (χ0) is 25.8. The minimum absolute atomic E-state index is 0.0214. The Bertz CT molecular complexity index is 1180. The fourth-order valence-corrected chi connectivity index (χ4v) is 4.75. The number of amides is 2. The maximum Gasteiger partial charge on any atom is 0.407 e. The number of alkyl carbamates (subject to hydrolysis) is 1. The molecule has 0 spiro atoms. The number of hydrogen-bond acceptors (Lipinski definition) is 4. The van der Waals surface area contributed by atoms with Crippen LogP contribution in [-0.4, -0.2) is 35.8 Å². The van der Waals surface area contributed by atoms with Crippen LogP contribution in [0, 0.1) is 12.8 Å². The number of aryl methyl sites for hydroxylation is 1. The van der Waals surface area contributed by atoms with Crippen molar-refractivity contribution < 1.29 is 19.4 Å². The SMILES string of the molecule is Cc1ccc([C@@H](O)[C@@H](NC(=O)[C@H](C)NC(=O)OCC2c3ccccc3-c3ccccc32)C(C)C)cc1. The lowest BCUT2D eigenvalue weighted by atomic mass is 9.92. The van der Waals surface area contributed by atoms with E-state index in [2.05, 4.69) is 34.9 Å². The second-order valence-corrected chi connectivity index (χ2v) is 9.83. The number of aliphatic hydroxyl groups is 1. The predicted octanol–water partition coefficient (Wildman–Crippen LogP) is 5.10. The van der Waals surface area contributed by atoms with Gasteiger partial charge in [0.15, 0.2) is 0 Å². The summed E-state index contributed by atoms with van der Waals surface area (Å²) < 4.78 is 5.56. The van der Waals surface area contributed by atoms with Crippen LogP contribution in [0.1, 0.15) is 55.0 Å². The van der Waals surface area contributed by atoms with Gasteiger partial charge in [-0.3, -0.25) is 4.79 Å². The molecule has 6 heteroatoms. The molecule has 6 nitrogen and oxygen atoms in total. The zero-order valence-electron chi connectivity index (χ0n) is 21.2. The van der Waals surface area contributed by atoms with Crippen LogP contribution < -0.4 is 10.6 Å². The Morgan fingerprint density at radius 1 is 0.861 bits per heavy atom. The van der Waals surface area contributed by atoms with Gasteiger partial charge in [0.25, 0.3) is 0 Å². The molecule has 3 N–H and O–H groups in total. The number of hydrogen-bond donors (Lipinski definition) is 3. The number of aliphatic hydroxyl groups excluding tert-OH is 1. The third-order valence-electron chi connectivity index (χ3n) is 6.86. The molecule has 1 aliphatic rings. The van der Waals surface area contributed by atoms with Crippen LogP contribution in [0.2, 0.25) is 0 Å². The average molecular weight is 487 g/mol. The highest BCUT2D eigenvalue weighted by Crippen LogP contribution is 2.44. The molecule has 0 saturated heterocycles. The van der Waals surface area contributed by atoms with E-state index in [4.69, 9.17) is 4.74 Å². The molecule has 0 saturated carbocycles. The molecule has 3 aromatic carbocycles. The zero-order valence-corrected chi connectivity index (χ0v) is 21.2. The van der Waals surface area contributed by atoms with Gasteiger partial charge in [-0.05, 0) is 47.6 Å². The van der Waals surface area contributed by atoms with Crippen LogP contribution in [0.25, 0.3) is 11.1 Å². The van der Waals surface area contributed by atoms with Crippen molar-refractivity contribution in [2.75, 3.05) is 6.61 Å². The summed E-state index contributed by atoms with van der Waals surface area (Å²) in [6.07, 6.45) is -1.52. The van der Waals surface area contributed by atoms with E-state index in [1.807, 2.05) is 69.3 Å². The van der Waals surface area contributed by atoms with Crippen LogP contribution in [0.3, 0.4) is 0 Å². The van der Waals surface area contributed by atoms with Crippen LogP contribution in [-0.2, 0) is 9.53 Å². The monoisotopic (exact) mass is 486 g/mol. The van der Waals surface area contributed by atoms with E-state index in [9.17, 15) is 14.7 Å². The Balaban J connectivity index is 1.35. The van der Waals surface area contributed by atoms with Gasteiger partial charge in [-0.25, -0.2) is 4.79 Å². The predicted molar refractivity (Wildman–Crippen MR) is 141 cm³/mol. The lowest BCUT2D eigenvalue weighted by molar-refractivity contribution is -0.124. The van der Waals surface area contributed by atoms with Crippen molar-refractivity contribution in [3.05, 3.63) is 95.1 Å². The second kappa shape index (κ2) is 11.0. The Morgan fingerprint density at radius 2 is 1.42 bits per heavy atom. The van der Waals surface area contributed by atoms with Crippen molar-refractivity contribution in [1.82, 2.24) is 10.6 Å². The van der Waals surface area contributed by atoms with Gasteiger partial charge in [0.2, 0.25) is 5.91 Å². The molecule has 0 aromatic heterocycles. The molecule has 188 valence electrons. The summed E-state index contributed by atoms with van der Waals surface area (Å²) in [5.41, 5.74) is 6.39. The second-order valence-electron chi connectivity index (χ2n) is 9.83. The molecule has 0 heterocycles. The van der Waals surface area contributed by atoms with E-state index >= 15 is 0 Å². The van der Waals surface area contributed by atoms with Gasteiger partial charge in [0.1, 0.15) is 12.6 Å². The molecule has 4 rings (SSSR count). The van der Waals surface area contributed by atoms with Crippen molar-refractivity contribution in [3.8, 4) is 11.1 Å². The average Bonchev–Trinajstić information content (AvgIpc) is 3.19. The first kappa shape index (κ1) is 25.5. The Kier molecular flexibility index (Phi) is 7.75. The smallest absolute Gasteiger partial charge is 0.407 e. The van der Waals surface area contributed by atoms with Crippen molar-refractivity contribution in [2.24, 2.45) is 5.92 Å². The van der Waals surface area contributed by atoms with E-state index in [1.54, 1.807) is 6.92 Å². The largest absolute Gasteiger partial charge is 0.449 e. The van der Waals surface area contributed by atoms with Gasteiger partial charge < -0.3 is 20.5 Å². The first-order valence-electron chi connectivity index (χ1n) is 12.4. The molecule has 0 bridgehead atoms. The van der Waals surface area contributed by atoms with Crippen LogP contribution in [0.4, 0.5) is 4.79 Å². The minimum Gasteiger partial charge on any atom is -0.449 e. The number of carbonyl (C=O) groups excluding carboxylic acids is 2. The molecule has 36 heavy (non-hydrogen) atoms. The van der Waals surface area contributed by atoms with Crippen molar-refractivity contribution >= 4 is 12.0 Å². The van der Waals surface area contributed by atoms with E-state index < -0.39 is 24.3 Å². The number of fused-ring (bicyclic) bond motifs is 3. The summed E-state index contributed by atoms with van der Waals surface area (Å²) >= 11 is 0. The molecular formula is C30H34N2O4. The maximum atomic E-state index is 12.9. The number of benzene rings is 3. The lowest BCUT2D eigenvalue weighted by Gasteiger charge is -2.29. The minimum atomic E-state index is -0.865. The third kappa shape index (κ3) is 5.44. The fourth-order valence-electron chi connectivity index (χ4n) is 4.75. The van der Waals surface area contributed by atoms with E-state index in [1.165, 1.54) is 0 Å². The number of carbonyl (C=O) groups is 2. The molecule has 0 fully saturated rings. The summed E-state index contributed by atoms with van der Waals surface area (Å²) in [5.74, 6) is -0.456. The lowest BCUT2D eigenvalue weighted by Crippen LogP contribution is -2.51. The fraction of sp³-hybridized carbons (Fsp3) is 0.333. The van der Waals surface area contributed by atoms with Gasteiger partial charge in [-0.15, -0.1) is 0 Å². The molecule has 0 unspecified atom stereocenters. The molecule has 2 amide bonds. The van der Waals surface area contributed by atoms with E-state index in [0.717, 1.165) is 33.4 Å². The normalized spacial score (nSPS) is 14.9. The summed E-state index contributed by atoms with van der Waals surface area (Å²) in [6, 6.07) is 22.5. The molecule has 3 atom stereocenters. The highest BCUT2D eigenvalue weighted by atomic mass is 16.5. The van der Waals surface area contributed by atoms with Crippen molar-refractivity contribution in [3.63, 3.8) is 0 Å². The van der Waals surface area contributed by atoms with Crippen molar-refractivity contribution in [2.45, 2.75) is 51.8 Å². The number of nitrogens with one attached hydrogen (secondary N) is 2. The number of rotatable bonds is 8. The number of ether oxygens (including phenoxy) is 1. The molecule has 3 aromatic rings. The Morgan fingerprint density at radius 3 is 1.97 bits per heavy atom. The van der Waals surface area contributed by atoms with Gasteiger partial charge in [-0.1, -0.05) is 92.2 Å². The van der Waals surface area contributed by atoms with Gasteiger partial charge >= 0.3 is 6.09 Å². The molecule has 0 radical (unpaired) electrons. The standard InChI is InChI=1S/C30H34N2O4/c1-18(2)27(28(33)21-15-13-19(3)14-16-21)32-29(34)20(4)31-30(35)36-17-26-24-11-7-5-9-22(24)23-10-6-8-12-25(23)26/h5-16,18,20,26-28,33H,17H2,1-4H3,(H,31,35)(H,32,34)/t20-,27-,28+/m0/s1. The summed E-state index contributed by atoms with van der Waals surface area (Å²) in [5, 5.41) is 16.4. The molecular weight excluding hydrogens is 452 g/mol. The van der Waals surface area contributed by atoms with Gasteiger partial charge in [0.05, 0.1) is 12.1 Å². The highest BCUT2D eigenvalue weighted by Gasteiger charge is 2.30. The van der Waals surface area contributed by atoms with E-state index in [0.29, 0.717) is 0 Å². The summed E-state index contributed by atoms with van der Waals surface area (Å²) in [6.45, 7) is 7.63. The summed E-state index contributed by atoms with van der Waals surface area (Å²) in [7, 11) is 0. The Labute approximate surface area is 212 Å². The maximum absolute atomic E-state index is 12.9. The molecule has 1 aliphatic carbocycles. The molecule has 0 aliphatic heterocycles. The first-order valence-corrected chi connectivity index (χ1v) is 12.4. The van der Waals surface area contributed by atoms with Crippen LogP contribution in [0.5, 0.6) is 0 Å². The van der Waals surface area contributed by atoms with Gasteiger partial charge in [-0.2, -0.15) is 0 Å². The third-order valence-corrected chi connectivity index (χ3v) is 6.86. The Hall–Kier alpha value is -3.64. The van der Waals surface area contributed by atoms with Gasteiger partial charge in [0, 0.05) is 5.92 Å². The highest BCUT2D eigenvalue weighted by molar-refractivity contribution is 5.85. The first-order chi connectivity index (χ1) is 17.3. The summed E-state index contributed by atoms with van der Waals surface area (Å²) in [4.78, 5) is 25.5. The van der Waals surface area contributed by atoms with E-state index in [-0.39, 0.29) is 24.3 Å². The quantitative estimate of drug-likeness (QED) is 0.414. The van der Waals surface area contributed by atoms with Crippen LogP contribution >= 0.6 is 0 Å². The van der Waals surface area contributed by atoms with Crippen LogP contribution in [0.15, 0.2) is 72.8 Å². The topological polar surface area (TPSA) is 87.7 Å².